The Balaban J connectivity index is 1.92. The summed E-state index contributed by atoms with van der Waals surface area (Å²) in [5.41, 5.74) is 3.02. The Labute approximate surface area is 161 Å². The van der Waals surface area contributed by atoms with Crippen LogP contribution < -0.4 is 10.1 Å². The first kappa shape index (κ1) is 20.5. The second-order valence-electron chi connectivity index (χ2n) is 6.87. The number of methoxy groups -OCH3 is 1. The van der Waals surface area contributed by atoms with Crippen molar-refractivity contribution in [3.8, 4) is 5.75 Å². The molecule has 0 saturated carbocycles. The summed E-state index contributed by atoms with van der Waals surface area (Å²) in [6, 6.07) is 15.5. The van der Waals surface area contributed by atoms with Crippen molar-refractivity contribution >= 4 is 17.5 Å². The molecule has 0 heterocycles. The van der Waals surface area contributed by atoms with E-state index in [2.05, 4.69) is 19.2 Å². The van der Waals surface area contributed by atoms with Gasteiger partial charge in [0.25, 0.3) is 0 Å². The van der Waals surface area contributed by atoms with Crippen molar-refractivity contribution in [2.45, 2.75) is 33.1 Å². The van der Waals surface area contributed by atoms with Crippen LogP contribution in [0.4, 0.5) is 5.69 Å². The third-order valence-electron chi connectivity index (χ3n) is 4.45. The van der Waals surface area contributed by atoms with Gasteiger partial charge in [-0.1, -0.05) is 38.1 Å². The second-order valence-corrected chi connectivity index (χ2v) is 6.87. The number of hydrogen-bond donors (Lipinski definition) is 1. The van der Waals surface area contributed by atoms with Crippen molar-refractivity contribution in [2.24, 2.45) is 0 Å². The number of hydrogen-bond acceptors (Lipinski definition) is 3. The lowest BCUT2D eigenvalue weighted by Gasteiger charge is -2.21. The summed E-state index contributed by atoms with van der Waals surface area (Å²) in [5.74, 6) is 0.903. The quantitative estimate of drug-likeness (QED) is 0.770. The highest BCUT2D eigenvalue weighted by atomic mass is 16.5. The molecule has 2 aromatic carbocycles. The van der Waals surface area contributed by atoms with E-state index in [1.807, 2.05) is 48.5 Å². The molecule has 0 saturated heterocycles. The molecule has 5 nitrogen and oxygen atoms in total. The lowest BCUT2D eigenvalue weighted by atomic mass is 10.0. The molecule has 5 heteroatoms. The van der Waals surface area contributed by atoms with Crippen LogP contribution in [0.1, 0.15) is 37.8 Å². The first-order chi connectivity index (χ1) is 12.9. The average molecular weight is 368 g/mol. The largest absolute Gasteiger partial charge is 0.497 e. The van der Waals surface area contributed by atoms with Gasteiger partial charge in [-0.2, -0.15) is 0 Å². The molecule has 0 spiro atoms. The second kappa shape index (κ2) is 9.76. The summed E-state index contributed by atoms with van der Waals surface area (Å²) in [7, 11) is 1.62. The molecule has 0 aromatic heterocycles. The van der Waals surface area contributed by atoms with Crippen LogP contribution in [0.2, 0.25) is 0 Å². The van der Waals surface area contributed by atoms with Gasteiger partial charge in [-0.05, 0) is 47.7 Å². The molecule has 0 aliphatic heterocycles. The molecule has 0 bridgehead atoms. The van der Waals surface area contributed by atoms with Crippen LogP contribution in [0, 0.1) is 0 Å². The molecule has 0 fully saturated rings. The van der Waals surface area contributed by atoms with Crippen molar-refractivity contribution in [1.29, 1.82) is 0 Å². The lowest BCUT2D eigenvalue weighted by molar-refractivity contribution is -0.132. The van der Waals surface area contributed by atoms with Crippen molar-refractivity contribution in [3.05, 3.63) is 59.7 Å². The van der Waals surface area contributed by atoms with Crippen LogP contribution in [0.3, 0.4) is 0 Å². The van der Waals surface area contributed by atoms with Gasteiger partial charge in [0.15, 0.2) is 0 Å². The van der Waals surface area contributed by atoms with Gasteiger partial charge in [0.05, 0.1) is 13.7 Å². The normalized spacial score (nSPS) is 10.6. The molecule has 0 aliphatic carbocycles. The number of ether oxygens (including phenoxy) is 1. The Morgan fingerprint density at radius 3 is 2.41 bits per heavy atom. The Morgan fingerprint density at radius 1 is 1.11 bits per heavy atom. The third kappa shape index (κ3) is 6.44. The Bertz CT molecular complexity index is 769. The summed E-state index contributed by atoms with van der Waals surface area (Å²) in [5, 5.41) is 2.86. The third-order valence-corrected chi connectivity index (χ3v) is 4.45. The van der Waals surface area contributed by atoms with E-state index in [1.165, 1.54) is 12.5 Å². The predicted octanol–water partition coefficient (Wildman–Crippen LogP) is 3.85. The lowest BCUT2D eigenvalue weighted by Crippen LogP contribution is -2.38. The zero-order valence-electron chi connectivity index (χ0n) is 16.5. The number of nitrogens with one attached hydrogen (secondary N) is 1. The van der Waals surface area contributed by atoms with E-state index in [0.717, 1.165) is 17.0 Å². The van der Waals surface area contributed by atoms with Gasteiger partial charge in [0.1, 0.15) is 5.75 Å². The van der Waals surface area contributed by atoms with Crippen molar-refractivity contribution in [2.75, 3.05) is 25.5 Å². The molecule has 1 N–H and O–H groups in total. The van der Waals surface area contributed by atoms with Gasteiger partial charge in [-0.3, -0.25) is 9.59 Å². The molecule has 0 radical (unpaired) electrons. The summed E-state index contributed by atoms with van der Waals surface area (Å²) in [4.78, 5) is 25.8. The number of carbonyl (C=O) groups excluding carboxylic acids is 2. The Hall–Kier alpha value is -2.82. The van der Waals surface area contributed by atoms with E-state index in [1.54, 1.807) is 12.0 Å². The van der Waals surface area contributed by atoms with Crippen LogP contribution in [-0.4, -0.2) is 36.9 Å². The van der Waals surface area contributed by atoms with Crippen molar-refractivity contribution < 1.29 is 14.3 Å². The minimum Gasteiger partial charge on any atom is -0.497 e. The maximum absolute atomic E-state index is 12.3. The Kier molecular flexibility index (Phi) is 7.41. The molecule has 2 rings (SSSR count). The number of rotatable bonds is 8. The minimum absolute atomic E-state index is 0.0330. The molecule has 0 atom stereocenters. The summed E-state index contributed by atoms with van der Waals surface area (Å²) < 4.78 is 5.22. The highest BCUT2D eigenvalue weighted by molar-refractivity contribution is 5.94. The molecule has 0 aliphatic rings. The van der Waals surface area contributed by atoms with Crippen LogP contribution in [-0.2, 0) is 16.0 Å². The molecule has 2 amide bonds. The molecule has 2 aromatic rings. The van der Waals surface area contributed by atoms with Gasteiger partial charge < -0.3 is 15.0 Å². The zero-order valence-corrected chi connectivity index (χ0v) is 16.5. The number of carbonyl (C=O) groups is 2. The molecule has 144 valence electrons. The fraction of sp³-hybridized carbons (Fsp3) is 0.364. The number of amides is 2. The first-order valence-electron chi connectivity index (χ1n) is 9.17. The monoisotopic (exact) mass is 368 g/mol. The van der Waals surface area contributed by atoms with Crippen LogP contribution >= 0.6 is 0 Å². The van der Waals surface area contributed by atoms with Crippen LogP contribution in [0.5, 0.6) is 5.75 Å². The van der Waals surface area contributed by atoms with E-state index in [4.69, 9.17) is 4.74 Å². The predicted molar refractivity (Wildman–Crippen MR) is 108 cm³/mol. The standard InChI is InChI=1S/C22H28N2O3/c1-16(2)19-8-10-20(11-9-19)23-22(26)15-24(17(3)25)13-12-18-6-5-7-21(14-18)27-4/h5-11,14,16H,12-13,15H2,1-4H3,(H,23,26). The summed E-state index contributed by atoms with van der Waals surface area (Å²) >= 11 is 0. The maximum atomic E-state index is 12.3. The van der Waals surface area contributed by atoms with E-state index >= 15 is 0 Å². The van der Waals surface area contributed by atoms with E-state index < -0.39 is 0 Å². The first-order valence-corrected chi connectivity index (χ1v) is 9.17. The fourth-order valence-electron chi connectivity index (χ4n) is 2.77. The minimum atomic E-state index is -0.201. The van der Waals surface area contributed by atoms with E-state index in [0.29, 0.717) is 18.9 Å². The maximum Gasteiger partial charge on any atom is 0.243 e. The van der Waals surface area contributed by atoms with Gasteiger partial charge in [0.2, 0.25) is 11.8 Å². The topological polar surface area (TPSA) is 58.6 Å². The van der Waals surface area contributed by atoms with Gasteiger partial charge >= 0.3 is 0 Å². The molecule has 0 unspecified atom stereocenters. The highest BCUT2D eigenvalue weighted by Gasteiger charge is 2.14. The van der Waals surface area contributed by atoms with E-state index in [9.17, 15) is 9.59 Å². The highest BCUT2D eigenvalue weighted by Crippen LogP contribution is 2.17. The zero-order chi connectivity index (χ0) is 19.8. The smallest absolute Gasteiger partial charge is 0.243 e. The van der Waals surface area contributed by atoms with Gasteiger partial charge in [-0.15, -0.1) is 0 Å². The summed E-state index contributed by atoms with van der Waals surface area (Å²) in [6.45, 7) is 6.24. The number of benzene rings is 2. The summed E-state index contributed by atoms with van der Waals surface area (Å²) in [6.07, 6.45) is 0.660. The molecular weight excluding hydrogens is 340 g/mol. The fourth-order valence-corrected chi connectivity index (χ4v) is 2.77. The van der Waals surface area contributed by atoms with Crippen LogP contribution in [0.25, 0.3) is 0 Å². The van der Waals surface area contributed by atoms with Crippen molar-refractivity contribution in [3.63, 3.8) is 0 Å². The van der Waals surface area contributed by atoms with Gasteiger partial charge in [0, 0.05) is 19.2 Å². The number of anilines is 1. The average Bonchev–Trinajstić information content (AvgIpc) is 2.65. The SMILES string of the molecule is COc1cccc(CCN(CC(=O)Nc2ccc(C(C)C)cc2)C(C)=O)c1. The Morgan fingerprint density at radius 2 is 1.81 bits per heavy atom. The van der Waals surface area contributed by atoms with E-state index in [-0.39, 0.29) is 18.4 Å². The molecular formula is C22H28N2O3. The van der Waals surface area contributed by atoms with Crippen molar-refractivity contribution in [1.82, 2.24) is 4.90 Å². The molecule has 27 heavy (non-hydrogen) atoms. The van der Waals surface area contributed by atoms with Crippen LogP contribution in [0.15, 0.2) is 48.5 Å². The number of nitrogens with zero attached hydrogens (tertiary/aromatic N) is 1. The van der Waals surface area contributed by atoms with Gasteiger partial charge in [-0.25, -0.2) is 0 Å².